The van der Waals surface area contributed by atoms with Crippen molar-refractivity contribution in [1.29, 1.82) is 0 Å². The molecule has 2 aliphatic heterocycles. The highest BCUT2D eigenvalue weighted by molar-refractivity contribution is 5.85. The molecule has 2 rings (SSSR count). The first-order chi connectivity index (χ1) is 7.83. The third-order valence-electron chi connectivity index (χ3n) is 3.63. The topological polar surface area (TPSA) is 44.4 Å². The quantitative estimate of drug-likeness (QED) is 0.815. The normalized spacial score (nSPS) is 20.3. The van der Waals surface area contributed by atoms with Gasteiger partial charge in [0.2, 0.25) is 5.91 Å². The predicted octanol–water partition coefficient (Wildman–Crippen LogP) is 1.04. The van der Waals surface area contributed by atoms with Gasteiger partial charge in [0, 0.05) is 25.7 Å². The Hall–Kier alpha value is -0.0300. The maximum absolute atomic E-state index is 12.3. The van der Waals surface area contributed by atoms with E-state index in [4.69, 9.17) is 0 Å². The van der Waals surface area contributed by atoms with Gasteiger partial charge in [-0.3, -0.25) is 4.79 Å². The standard InChI is InChI=1S/C12H23N3O.2ClH/c1-2-7-15(11-3-5-13-6-4-11)12(16)10-8-14-9-10;;/h10-11,13-14H,2-9H2,1H3;2*1H. The van der Waals surface area contributed by atoms with Crippen LogP contribution in [-0.2, 0) is 4.79 Å². The van der Waals surface area contributed by atoms with Crippen LogP contribution in [0.2, 0.25) is 0 Å². The first-order valence-electron chi connectivity index (χ1n) is 6.55. The van der Waals surface area contributed by atoms with E-state index in [-0.39, 0.29) is 30.7 Å². The van der Waals surface area contributed by atoms with Crippen LogP contribution in [0.3, 0.4) is 0 Å². The molecule has 0 aromatic rings. The number of halogens is 2. The largest absolute Gasteiger partial charge is 0.339 e. The molecule has 4 nitrogen and oxygen atoms in total. The Morgan fingerprint density at radius 2 is 1.78 bits per heavy atom. The number of amides is 1. The van der Waals surface area contributed by atoms with E-state index in [0.29, 0.717) is 11.9 Å². The summed E-state index contributed by atoms with van der Waals surface area (Å²) in [7, 11) is 0. The second-order valence-corrected chi connectivity index (χ2v) is 4.87. The third kappa shape index (κ3) is 4.26. The molecule has 0 spiro atoms. The molecule has 0 aromatic heterocycles. The smallest absolute Gasteiger partial charge is 0.228 e. The maximum Gasteiger partial charge on any atom is 0.228 e. The highest BCUT2D eigenvalue weighted by atomic mass is 35.5. The highest BCUT2D eigenvalue weighted by Gasteiger charge is 2.32. The van der Waals surface area contributed by atoms with Crippen LogP contribution in [0.15, 0.2) is 0 Å². The Bertz CT molecular complexity index is 243. The summed E-state index contributed by atoms with van der Waals surface area (Å²) >= 11 is 0. The fourth-order valence-electron chi connectivity index (χ4n) is 2.53. The zero-order chi connectivity index (χ0) is 11.4. The molecule has 2 aliphatic rings. The van der Waals surface area contributed by atoms with Gasteiger partial charge in [0.25, 0.3) is 0 Å². The van der Waals surface area contributed by atoms with Gasteiger partial charge in [-0.15, -0.1) is 24.8 Å². The molecule has 0 unspecified atom stereocenters. The second-order valence-electron chi connectivity index (χ2n) is 4.87. The summed E-state index contributed by atoms with van der Waals surface area (Å²) < 4.78 is 0. The second kappa shape index (κ2) is 8.97. The molecular weight excluding hydrogens is 273 g/mol. The average molecular weight is 298 g/mol. The van der Waals surface area contributed by atoms with E-state index in [9.17, 15) is 4.79 Å². The number of piperidine rings is 1. The lowest BCUT2D eigenvalue weighted by Crippen LogP contribution is -2.55. The van der Waals surface area contributed by atoms with Gasteiger partial charge in [0.05, 0.1) is 5.92 Å². The zero-order valence-corrected chi connectivity index (χ0v) is 12.6. The maximum atomic E-state index is 12.3. The molecule has 0 atom stereocenters. The van der Waals surface area contributed by atoms with Gasteiger partial charge in [0.1, 0.15) is 0 Å². The number of nitrogens with one attached hydrogen (secondary N) is 2. The lowest BCUT2D eigenvalue weighted by atomic mass is 9.97. The van der Waals surface area contributed by atoms with Crippen molar-refractivity contribution >= 4 is 30.7 Å². The molecule has 0 radical (unpaired) electrons. The summed E-state index contributed by atoms with van der Waals surface area (Å²) in [5.74, 6) is 0.633. The highest BCUT2D eigenvalue weighted by Crippen LogP contribution is 2.17. The van der Waals surface area contributed by atoms with Gasteiger partial charge < -0.3 is 15.5 Å². The Labute approximate surface area is 122 Å². The third-order valence-corrected chi connectivity index (χ3v) is 3.63. The van der Waals surface area contributed by atoms with Crippen molar-refractivity contribution in [2.24, 2.45) is 5.92 Å². The summed E-state index contributed by atoms with van der Waals surface area (Å²) in [6.45, 7) is 6.95. The number of carbonyl (C=O) groups excluding carboxylic acids is 1. The first-order valence-corrected chi connectivity index (χ1v) is 6.55. The van der Waals surface area contributed by atoms with E-state index >= 15 is 0 Å². The van der Waals surface area contributed by atoms with E-state index < -0.39 is 0 Å². The van der Waals surface area contributed by atoms with Crippen molar-refractivity contribution in [2.75, 3.05) is 32.7 Å². The molecule has 18 heavy (non-hydrogen) atoms. The first kappa shape index (κ1) is 18.0. The van der Waals surface area contributed by atoms with Crippen molar-refractivity contribution in [3.8, 4) is 0 Å². The summed E-state index contributed by atoms with van der Waals surface area (Å²) in [6.07, 6.45) is 3.30. The van der Waals surface area contributed by atoms with Gasteiger partial charge in [-0.2, -0.15) is 0 Å². The van der Waals surface area contributed by atoms with Gasteiger partial charge in [-0.1, -0.05) is 6.92 Å². The SMILES string of the molecule is CCCN(C(=O)C1CNC1)C1CCNCC1.Cl.Cl. The molecule has 0 bridgehead atoms. The van der Waals surface area contributed by atoms with Crippen molar-refractivity contribution in [2.45, 2.75) is 32.2 Å². The van der Waals surface area contributed by atoms with Crippen LogP contribution < -0.4 is 10.6 Å². The number of hydrogen-bond donors (Lipinski definition) is 2. The van der Waals surface area contributed by atoms with E-state index in [1.54, 1.807) is 0 Å². The number of nitrogens with zero attached hydrogens (tertiary/aromatic N) is 1. The van der Waals surface area contributed by atoms with Crippen LogP contribution in [-0.4, -0.2) is 49.6 Å². The molecule has 0 saturated carbocycles. The minimum absolute atomic E-state index is 0. The zero-order valence-electron chi connectivity index (χ0n) is 11.0. The summed E-state index contributed by atoms with van der Waals surface area (Å²) in [5, 5.41) is 6.54. The minimum Gasteiger partial charge on any atom is -0.339 e. The molecule has 2 heterocycles. The molecule has 6 heteroatoms. The van der Waals surface area contributed by atoms with Crippen LogP contribution >= 0.6 is 24.8 Å². The fourth-order valence-corrected chi connectivity index (χ4v) is 2.53. The number of carbonyl (C=O) groups is 1. The lowest BCUT2D eigenvalue weighted by molar-refractivity contribution is -0.140. The van der Waals surface area contributed by atoms with Crippen molar-refractivity contribution in [3.63, 3.8) is 0 Å². The Kier molecular flexibility index (Phi) is 8.95. The van der Waals surface area contributed by atoms with Crippen LogP contribution in [0.1, 0.15) is 26.2 Å². The molecule has 2 fully saturated rings. The van der Waals surface area contributed by atoms with Crippen LogP contribution in [0.4, 0.5) is 0 Å². The molecule has 0 aliphatic carbocycles. The van der Waals surface area contributed by atoms with Crippen LogP contribution in [0.25, 0.3) is 0 Å². The number of hydrogen-bond acceptors (Lipinski definition) is 3. The van der Waals surface area contributed by atoms with E-state index in [2.05, 4.69) is 22.5 Å². The monoisotopic (exact) mass is 297 g/mol. The van der Waals surface area contributed by atoms with Gasteiger partial charge in [-0.05, 0) is 32.4 Å². The fraction of sp³-hybridized carbons (Fsp3) is 0.917. The van der Waals surface area contributed by atoms with Crippen molar-refractivity contribution < 1.29 is 4.79 Å². The predicted molar refractivity (Wildman–Crippen MR) is 78.8 cm³/mol. The molecule has 2 saturated heterocycles. The summed E-state index contributed by atoms with van der Waals surface area (Å²) in [4.78, 5) is 14.4. The average Bonchev–Trinajstić information content (AvgIpc) is 2.24. The minimum atomic E-state index is 0. The van der Waals surface area contributed by atoms with E-state index in [0.717, 1.165) is 52.0 Å². The summed E-state index contributed by atoms with van der Waals surface area (Å²) in [6, 6.07) is 0.481. The van der Waals surface area contributed by atoms with Crippen LogP contribution in [0, 0.1) is 5.92 Å². The van der Waals surface area contributed by atoms with E-state index in [1.807, 2.05) is 0 Å². The summed E-state index contributed by atoms with van der Waals surface area (Å²) in [5.41, 5.74) is 0. The lowest BCUT2D eigenvalue weighted by Gasteiger charge is -2.39. The molecule has 0 aromatic carbocycles. The molecule has 1 amide bonds. The molecular formula is C12H25Cl2N3O. The van der Waals surface area contributed by atoms with Crippen molar-refractivity contribution in [3.05, 3.63) is 0 Å². The van der Waals surface area contributed by atoms with Crippen molar-refractivity contribution in [1.82, 2.24) is 15.5 Å². The molecule has 108 valence electrons. The van der Waals surface area contributed by atoms with Gasteiger partial charge in [0.15, 0.2) is 0 Å². The Morgan fingerprint density at radius 1 is 1.17 bits per heavy atom. The Morgan fingerprint density at radius 3 is 2.22 bits per heavy atom. The molecule has 2 N–H and O–H groups in total. The van der Waals surface area contributed by atoms with Crippen LogP contribution in [0.5, 0.6) is 0 Å². The van der Waals surface area contributed by atoms with E-state index in [1.165, 1.54) is 0 Å². The van der Waals surface area contributed by atoms with Gasteiger partial charge >= 0.3 is 0 Å². The van der Waals surface area contributed by atoms with Gasteiger partial charge in [-0.25, -0.2) is 0 Å². The Balaban J connectivity index is 0.00000144. The number of rotatable bonds is 4.